The number of fused-ring (bicyclic) bond motifs is 1. The number of aromatic hydroxyl groups is 1. The van der Waals surface area contributed by atoms with E-state index in [-0.39, 0.29) is 24.2 Å². The van der Waals surface area contributed by atoms with Crippen molar-refractivity contribution in [3.05, 3.63) is 23.3 Å². The molecule has 1 atom stereocenters. The van der Waals surface area contributed by atoms with Gasteiger partial charge in [-0.15, -0.1) is 0 Å². The Kier molecular flexibility index (Phi) is 3.20. The molecule has 0 aliphatic heterocycles. The van der Waals surface area contributed by atoms with Gasteiger partial charge in [0.05, 0.1) is 19.8 Å². The lowest BCUT2D eigenvalue weighted by Crippen LogP contribution is -2.50. The topological polar surface area (TPSA) is 93.1 Å². The van der Waals surface area contributed by atoms with Crippen LogP contribution in [-0.2, 0) is 16.0 Å². The minimum absolute atomic E-state index is 0.0847. The largest absolute Gasteiger partial charge is 0.507 e. The van der Waals surface area contributed by atoms with E-state index < -0.39 is 17.4 Å². The van der Waals surface area contributed by atoms with Gasteiger partial charge in [0.1, 0.15) is 11.5 Å². The maximum atomic E-state index is 12.3. The molecule has 1 aromatic carbocycles. The highest BCUT2D eigenvalue weighted by Gasteiger charge is 2.50. The standard InChI is InChI=1S/C13H14O6/c1-18-9-4-3-8(14)10-7(9)5-6-13(17,11(10)15)12(16)19-2/h3-4,14,17H,5-6H2,1-2H3/t13-/m0/s1. The zero-order valence-corrected chi connectivity index (χ0v) is 10.6. The molecule has 0 fully saturated rings. The SMILES string of the molecule is COC(=O)[C@]1(O)CCc2c(OC)ccc(O)c2C1=O. The Hall–Kier alpha value is -2.08. The van der Waals surface area contributed by atoms with Crippen molar-refractivity contribution in [2.75, 3.05) is 14.2 Å². The van der Waals surface area contributed by atoms with Gasteiger partial charge < -0.3 is 19.7 Å². The highest BCUT2D eigenvalue weighted by Crippen LogP contribution is 2.39. The van der Waals surface area contributed by atoms with Crippen LogP contribution in [0, 0.1) is 0 Å². The summed E-state index contributed by atoms with van der Waals surface area (Å²) in [5, 5.41) is 20.0. The number of esters is 1. The third-order valence-electron chi connectivity index (χ3n) is 3.33. The Morgan fingerprint density at radius 1 is 1.37 bits per heavy atom. The summed E-state index contributed by atoms with van der Waals surface area (Å²) in [6.07, 6.45) is 0.121. The molecule has 0 aromatic heterocycles. The highest BCUT2D eigenvalue weighted by molar-refractivity contribution is 6.18. The van der Waals surface area contributed by atoms with Crippen LogP contribution in [0.2, 0.25) is 0 Å². The summed E-state index contributed by atoms with van der Waals surface area (Å²) in [7, 11) is 2.53. The Morgan fingerprint density at radius 3 is 2.63 bits per heavy atom. The van der Waals surface area contributed by atoms with Gasteiger partial charge in [-0.05, 0) is 25.0 Å². The molecule has 0 saturated carbocycles. The smallest absolute Gasteiger partial charge is 0.346 e. The molecule has 2 N–H and O–H groups in total. The zero-order chi connectivity index (χ0) is 14.2. The summed E-state index contributed by atoms with van der Waals surface area (Å²) >= 11 is 0. The Bertz CT molecular complexity index is 550. The lowest BCUT2D eigenvalue weighted by molar-refractivity contribution is -0.157. The number of ketones is 1. The number of rotatable bonds is 2. The maximum Gasteiger partial charge on any atom is 0.346 e. The van der Waals surface area contributed by atoms with Crippen LogP contribution in [0.15, 0.2) is 12.1 Å². The predicted molar refractivity (Wildman–Crippen MR) is 64.3 cm³/mol. The summed E-state index contributed by atoms with van der Waals surface area (Å²) in [4.78, 5) is 23.8. The third-order valence-corrected chi connectivity index (χ3v) is 3.33. The molecule has 0 amide bonds. The second-order valence-corrected chi connectivity index (χ2v) is 4.32. The van der Waals surface area contributed by atoms with Gasteiger partial charge in [-0.25, -0.2) is 4.79 Å². The molecule has 6 nitrogen and oxygen atoms in total. The molecule has 0 radical (unpaired) electrons. The Morgan fingerprint density at radius 2 is 2.05 bits per heavy atom. The maximum absolute atomic E-state index is 12.3. The first kappa shape index (κ1) is 13.4. The number of benzene rings is 1. The molecule has 1 aliphatic carbocycles. The van der Waals surface area contributed by atoms with E-state index in [1.54, 1.807) is 0 Å². The summed E-state index contributed by atoms with van der Waals surface area (Å²) < 4.78 is 9.56. The molecule has 0 heterocycles. The summed E-state index contributed by atoms with van der Waals surface area (Å²) in [5.74, 6) is -1.74. The van der Waals surface area contributed by atoms with Crippen molar-refractivity contribution in [2.24, 2.45) is 0 Å². The average molecular weight is 266 g/mol. The van der Waals surface area contributed by atoms with E-state index in [4.69, 9.17) is 4.74 Å². The molecular formula is C13H14O6. The number of phenolic OH excluding ortho intramolecular Hbond substituents is 1. The highest BCUT2D eigenvalue weighted by atomic mass is 16.5. The Balaban J connectivity index is 2.59. The molecule has 0 unspecified atom stereocenters. The second kappa shape index (κ2) is 4.55. The molecule has 0 saturated heterocycles. The van der Waals surface area contributed by atoms with E-state index in [1.165, 1.54) is 19.2 Å². The summed E-state index contributed by atoms with van der Waals surface area (Å²) in [6.45, 7) is 0. The van der Waals surface area contributed by atoms with Crippen molar-refractivity contribution in [3.63, 3.8) is 0 Å². The monoisotopic (exact) mass is 266 g/mol. The van der Waals surface area contributed by atoms with Crippen molar-refractivity contribution >= 4 is 11.8 Å². The van der Waals surface area contributed by atoms with E-state index in [0.29, 0.717) is 11.3 Å². The second-order valence-electron chi connectivity index (χ2n) is 4.32. The number of hydrogen-bond acceptors (Lipinski definition) is 6. The molecule has 0 bridgehead atoms. The summed E-state index contributed by atoms with van der Waals surface area (Å²) in [6, 6.07) is 2.82. The van der Waals surface area contributed by atoms with Crippen molar-refractivity contribution in [2.45, 2.75) is 18.4 Å². The number of methoxy groups -OCH3 is 2. The first-order valence-corrected chi connectivity index (χ1v) is 5.70. The van der Waals surface area contributed by atoms with Gasteiger partial charge in [-0.3, -0.25) is 4.79 Å². The van der Waals surface area contributed by atoms with Crippen LogP contribution >= 0.6 is 0 Å². The van der Waals surface area contributed by atoms with Crippen molar-refractivity contribution < 1.29 is 29.3 Å². The molecule has 1 aliphatic rings. The molecule has 0 spiro atoms. The van der Waals surface area contributed by atoms with Crippen LogP contribution in [0.1, 0.15) is 22.3 Å². The third kappa shape index (κ3) is 1.84. The number of aliphatic hydroxyl groups is 1. The fraction of sp³-hybridized carbons (Fsp3) is 0.385. The molecule has 102 valence electrons. The fourth-order valence-electron chi connectivity index (χ4n) is 2.30. The van der Waals surface area contributed by atoms with Crippen LogP contribution in [0.4, 0.5) is 0 Å². The number of hydrogen-bond donors (Lipinski definition) is 2. The first-order chi connectivity index (χ1) is 8.95. The molecule has 6 heteroatoms. The average Bonchev–Trinajstić information content (AvgIpc) is 2.42. The van der Waals surface area contributed by atoms with Gasteiger partial charge in [-0.2, -0.15) is 0 Å². The van der Waals surface area contributed by atoms with Gasteiger partial charge in [0.25, 0.3) is 0 Å². The van der Waals surface area contributed by atoms with E-state index >= 15 is 0 Å². The quantitative estimate of drug-likeness (QED) is 0.595. The van der Waals surface area contributed by atoms with Crippen molar-refractivity contribution in [1.29, 1.82) is 0 Å². The van der Waals surface area contributed by atoms with E-state index in [9.17, 15) is 19.8 Å². The van der Waals surface area contributed by atoms with E-state index in [1.807, 2.05) is 0 Å². The van der Waals surface area contributed by atoms with Crippen molar-refractivity contribution in [1.82, 2.24) is 0 Å². The molecule has 2 rings (SSSR count). The van der Waals surface area contributed by atoms with Gasteiger partial charge in [0, 0.05) is 5.56 Å². The molecular weight excluding hydrogens is 252 g/mol. The number of carbonyl (C=O) groups excluding carboxylic acids is 2. The lowest BCUT2D eigenvalue weighted by atomic mass is 9.78. The van der Waals surface area contributed by atoms with Gasteiger partial charge in [0.2, 0.25) is 11.4 Å². The number of Topliss-reactive ketones (excluding diaryl/α,β-unsaturated/α-hetero) is 1. The molecule has 19 heavy (non-hydrogen) atoms. The number of ether oxygens (including phenoxy) is 2. The van der Waals surface area contributed by atoms with Crippen LogP contribution in [0.25, 0.3) is 0 Å². The zero-order valence-electron chi connectivity index (χ0n) is 10.6. The van der Waals surface area contributed by atoms with Crippen LogP contribution < -0.4 is 4.74 Å². The minimum Gasteiger partial charge on any atom is -0.507 e. The predicted octanol–water partition coefficient (Wildman–Crippen LogP) is 0.434. The van der Waals surface area contributed by atoms with Gasteiger partial charge in [0.15, 0.2) is 0 Å². The lowest BCUT2D eigenvalue weighted by Gasteiger charge is -2.30. The normalized spacial score (nSPS) is 21.7. The minimum atomic E-state index is -2.24. The Labute approximate surface area is 109 Å². The van der Waals surface area contributed by atoms with Crippen LogP contribution in [-0.4, -0.2) is 41.8 Å². The first-order valence-electron chi connectivity index (χ1n) is 5.70. The number of carbonyl (C=O) groups is 2. The number of phenols is 1. The van der Waals surface area contributed by atoms with Crippen LogP contribution in [0.3, 0.4) is 0 Å². The molecule has 1 aromatic rings. The fourth-order valence-corrected chi connectivity index (χ4v) is 2.30. The van der Waals surface area contributed by atoms with Crippen molar-refractivity contribution in [3.8, 4) is 11.5 Å². The van der Waals surface area contributed by atoms with E-state index in [0.717, 1.165) is 7.11 Å². The van der Waals surface area contributed by atoms with Crippen LogP contribution in [0.5, 0.6) is 11.5 Å². The van der Waals surface area contributed by atoms with E-state index in [2.05, 4.69) is 4.74 Å². The van der Waals surface area contributed by atoms with Gasteiger partial charge >= 0.3 is 5.97 Å². The summed E-state index contributed by atoms with van der Waals surface area (Å²) in [5.41, 5.74) is -1.84. The van der Waals surface area contributed by atoms with Gasteiger partial charge in [-0.1, -0.05) is 0 Å².